The Hall–Kier alpha value is 0.0806. The van der Waals surface area contributed by atoms with E-state index in [1.165, 1.54) is 5.56 Å². The molecular weight excluding hydrogens is 356 g/mol. The van der Waals surface area contributed by atoms with Crippen LogP contribution in [0.1, 0.15) is 24.4 Å². The molecule has 0 spiro atoms. The van der Waals surface area contributed by atoms with E-state index in [4.69, 9.17) is 20.1 Å². The molecule has 2 atom stereocenters. The van der Waals surface area contributed by atoms with Gasteiger partial charge in [0.25, 0.3) is 0 Å². The van der Waals surface area contributed by atoms with E-state index >= 15 is 0 Å². The monoisotopic (exact) mass is 388 g/mol. The van der Waals surface area contributed by atoms with Crippen molar-refractivity contribution in [2.45, 2.75) is 58.2 Å². The normalized spacial score (nSPS) is 16.9. The molecule has 0 aliphatic rings. The minimum atomic E-state index is -2.25. The minimum absolute atomic E-state index is 0.379. The Morgan fingerprint density at radius 2 is 1.52 bits per heavy atom. The Balaban J connectivity index is 3.23. The zero-order valence-electron chi connectivity index (χ0n) is 15.8. The third kappa shape index (κ3) is 6.84. The van der Waals surface area contributed by atoms with Gasteiger partial charge in [-0.15, -0.1) is 11.6 Å². The van der Waals surface area contributed by atoms with Crippen LogP contribution < -0.4 is 0 Å². The van der Waals surface area contributed by atoms with E-state index in [1.54, 1.807) is 0 Å². The number of hydrogen-bond donors (Lipinski definition) is 0. The first kappa shape index (κ1) is 21.1. The second-order valence-electron chi connectivity index (χ2n) is 8.19. The molecular formula is C17H33ClO2Si3. The van der Waals surface area contributed by atoms with Gasteiger partial charge < -0.3 is 8.54 Å². The fourth-order valence-electron chi connectivity index (χ4n) is 2.91. The molecule has 2 nitrogen and oxygen atoms in total. The lowest BCUT2D eigenvalue weighted by Crippen LogP contribution is -2.58. The van der Waals surface area contributed by atoms with Crippen LogP contribution in [0.2, 0.25) is 39.3 Å². The van der Waals surface area contributed by atoms with Crippen molar-refractivity contribution >= 4 is 36.6 Å². The highest BCUT2D eigenvalue weighted by atomic mass is 35.5. The molecule has 2 unspecified atom stereocenters. The lowest BCUT2D eigenvalue weighted by molar-refractivity contribution is 0.336. The van der Waals surface area contributed by atoms with E-state index in [0.29, 0.717) is 17.3 Å². The summed E-state index contributed by atoms with van der Waals surface area (Å²) in [6.45, 7) is 15.7. The Labute approximate surface area is 150 Å². The van der Waals surface area contributed by atoms with Gasteiger partial charge in [0.2, 0.25) is 8.32 Å². The molecule has 0 aliphatic heterocycles. The SMILES string of the molecule is CCC(c1ccccc1)[Si](CCl)(CO[Si](C)(C)C)O[Si](C)(C)C. The maximum absolute atomic E-state index is 6.82. The third-order valence-electron chi connectivity index (χ3n) is 3.73. The average Bonchev–Trinajstić information content (AvgIpc) is 2.44. The Kier molecular flexibility index (Phi) is 7.76. The Morgan fingerprint density at radius 3 is 1.91 bits per heavy atom. The maximum atomic E-state index is 6.82. The highest BCUT2D eigenvalue weighted by Gasteiger charge is 2.46. The molecule has 1 rings (SSSR count). The lowest BCUT2D eigenvalue weighted by Gasteiger charge is -2.42. The van der Waals surface area contributed by atoms with Gasteiger partial charge in [0.05, 0.1) is 6.23 Å². The summed E-state index contributed by atoms with van der Waals surface area (Å²) in [5.74, 6) is 0. The summed E-state index contributed by atoms with van der Waals surface area (Å²) >= 11 is 6.58. The van der Waals surface area contributed by atoms with Crippen molar-refractivity contribution in [3.05, 3.63) is 35.9 Å². The number of benzene rings is 1. The van der Waals surface area contributed by atoms with Crippen LogP contribution in [0.3, 0.4) is 0 Å². The topological polar surface area (TPSA) is 18.5 Å². The van der Waals surface area contributed by atoms with Crippen molar-refractivity contribution in [3.8, 4) is 0 Å². The molecule has 0 bridgehead atoms. The predicted octanol–water partition coefficient (Wildman–Crippen LogP) is 5.69. The molecule has 23 heavy (non-hydrogen) atoms. The summed E-state index contributed by atoms with van der Waals surface area (Å²) in [6, 6.07) is 10.7. The van der Waals surface area contributed by atoms with Gasteiger partial charge in [-0.05, 0) is 51.3 Å². The summed E-state index contributed by atoms with van der Waals surface area (Å²) in [5.41, 5.74) is 2.32. The van der Waals surface area contributed by atoms with E-state index < -0.39 is 25.0 Å². The number of halogens is 1. The quantitative estimate of drug-likeness (QED) is 0.399. The molecule has 0 saturated carbocycles. The summed E-state index contributed by atoms with van der Waals surface area (Å²) in [5, 5.41) is 0. The second-order valence-corrected chi connectivity index (χ2v) is 21.9. The first-order valence-corrected chi connectivity index (χ1v) is 18.2. The summed E-state index contributed by atoms with van der Waals surface area (Å²) in [7, 11) is -5.56. The van der Waals surface area contributed by atoms with Gasteiger partial charge in [0.1, 0.15) is 0 Å². The van der Waals surface area contributed by atoms with Gasteiger partial charge in [-0.2, -0.15) is 0 Å². The number of rotatable bonds is 9. The predicted molar refractivity (Wildman–Crippen MR) is 110 cm³/mol. The molecule has 0 aliphatic carbocycles. The molecule has 1 aromatic rings. The van der Waals surface area contributed by atoms with Crippen molar-refractivity contribution in [1.82, 2.24) is 0 Å². The Bertz CT molecular complexity index is 471. The summed E-state index contributed by atoms with van der Waals surface area (Å²) < 4.78 is 13.2. The van der Waals surface area contributed by atoms with Crippen molar-refractivity contribution in [2.75, 3.05) is 11.7 Å². The minimum Gasteiger partial charge on any atom is -0.453 e. The molecule has 1 aromatic carbocycles. The van der Waals surface area contributed by atoms with E-state index in [1.807, 2.05) is 0 Å². The number of alkyl halides is 1. The molecule has 0 saturated heterocycles. The van der Waals surface area contributed by atoms with E-state index in [2.05, 4.69) is 76.5 Å². The van der Waals surface area contributed by atoms with Crippen LogP contribution in [0, 0.1) is 0 Å². The van der Waals surface area contributed by atoms with Gasteiger partial charge in [-0.25, -0.2) is 0 Å². The second kappa shape index (κ2) is 8.45. The van der Waals surface area contributed by atoms with Gasteiger partial charge in [0.15, 0.2) is 16.6 Å². The number of hydrogen-bond acceptors (Lipinski definition) is 2. The standard InChI is InChI=1S/C17H33ClO2Si3/c1-8-17(16-12-10-9-11-13-16)23(14-18,20-22(5,6)7)15-19-21(2,3)4/h9-13,17H,8,14-15H2,1-7H3. The largest absolute Gasteiger partial charge is 0.453 e. The summed E-state index contributed by atoms with van der Waals surface area (Å²) in [6.07, 6.45) is 1.76. The van der Waals surface area contributed by atoms with Crippen LogP contribution in [0.15, 0.2) is 30.3 Å². The fraction of sp³-hybridized carbons (Fsp3) is 0.647. The molecule has 0 N–H and O–H groups in total. The molecule has 0 amide bonds. The van der Waals surface area contributed by atoms with Crippen molar-refractivity contribution in [1.29, 1.82) is 0 Å². The highest BCUT2D eigenvalue weighted by molar-refractivity contribution is 6.90. The van der Waals surface area contributed by atoms with Crippen LogP contribution in [0.5, 0.6) is 0 Å². The van der Waals surface area contributed by atoms with Gasteiger partial charge in [0, 0.05) is 11.0 Å². The molecule has 6 heteroatoms. The lowest BCUT2D eigenvalue weighted by atomic mass is 10.1. The van der Waals surface area contributed by atoms with E-state index in [-0.39, 0.29) is 0 Å². The van der Waals surface area contributed by atoms with Crippen LogP contribution in [0.4, 0.5) is 0 Å². The van der Waals surface area contributed by atoms with Crippen LogP contribution >= 0.6 is 11.6 Å². The van der Waals surface area contributed by atoms with Crippen molar-refractivity contribution in [3.63, 3.8) is 0 Å². The molecule has 0 aromatic heterocycles. The van der Waals surface area contributed by atoms with Crippen molar-refractivity contribution in [2.24, 2.45) is 0 Å². The molecule has 132 valence electrons. The van der Waals surface area contributed by atoms with Crippen molar-refractivity contribution < 1.29 is 8.54 Å². The zero-order chi connectivity index (χ0) is 17.7. The first-order valence-electron chi connectivity index (χ1n) is 8.48. The van der Waals surface area contributed by atoms with E-state index in [9.17, 15) is 0 Å². The molecule has 0 radical (unpaired) electrons. The zero-order valence-corrected chi connectivity index (χ0v) is 19.5. The Morgan fingerprint density at radius 1 is 0.957 bits per heavy atom. The third-order valence-corrected chi connectivity index (χ3v) is 13.6. The molecule has 0 fully saturated rings. The average molecular weight is 389 g/mol. The summed E-state index contributed by atoms with van der Waals surface area (Å²) in [4.78, 5) is 0. The first-order chi connectivity index (χ1) is 10.5. The van der Waals surface area contributed by atoms with Crippen LogP contribution in [-0.4, -0.2) is 36.7 Å². The smallest absolute Gasteiger partial charge is 0.226 e. The van der Waals surface area contributed by atoms with Crippen LogP contribution in [-0.2, 0) is 8.54 Å². The molecule has 0 heterocycles. The van der Waals surface area contributed by atoms with E-state index in [0.717, 1.165) is 6.42 Å². The highest BCUT2D eigenvalue weighted by Crippen LogP contribution is 2.35. The fourth-order valence-corrected chi connectivity index (χ4v) is 14.8. The maximum Gasteiger partial charge on any atom is 0.226 e. The van der Waals surface area contributed by atoms with Crippen LogP contribution in [0.25, 0.3) is 0 Å². The van der Waals surface area contributed by atoms with Gasteiger partial charge in [-0.1, -0.05) is 37.3 Å². The van der Waals surface area contributed by atoms with Gasteiger partial charge in [-0.3, -0.25) is 0 Å². The van der Waals surface area contributed by atoms with Gasteiger partial charge >= 0.3 is 0 Å².